The van der Waals surface area contributed by atoms with Gasteiger partial charge in [0, 0.05) is 42.0 Å². The number of sulfonamides is 1. The van der Waals surface area contributed by atoms with Crippen LogP contribution in [0.5, 0.6) is 0 Å². The minimum absolute atomic E-state index is 0.00617. The van der Waals surface area contributed by atoms with Crippen molar-refractivity contribution in [3.05, 3.63) is 63.5 Å². The average Bonchev–Trinajstić information content (AvgIpc) is 3.15. The van der Waals surface area contributed by atoms with Crippen molar-refractivity contribution in [2.45, 2.75) is 4.90 Å². The Bertz CT molecular complexity index is 1280. The van der Waals surface area contributed by atoms with E-state index in [1.165, 1.54) is 62.6 Å². The molecule has 31 heavy (non-hydrogen) atoms. The number of benzene rings is 2. The quantitative estimate of drug-likeness (QED) is 0.323. The Hall–Kier alpha value is -3.35. The highest BCUT2D eigenvalue weighted by Gasteiger charge is 2.19. The molecule has 0 atom stereocenters. The van der Waals surface area contributed by atoms with Crippen molar-refractivity contribution in [1.82, 2.24) is 4.31 Å². The van der Waals surface area contributed by atoms with Crippen LogP contribution in [0.3, 0.4) is 0 Å². The molecule has 0 bridgehead atoms. The molecule has 3 rings (SSSR count). The molecule has 0 spiro atoms. The van der Waals surface area contributed by atoms with Crippen molar-refractivity contribution >= 4 is 54.7 Å². The first-order valence-corrected chi connectivity index (χ1v) is 11.0. The number of nitrogens with zero attached hydrogens (tertiary/aromatic N) is 2. The summed E-state index contributed by atoms with van der Waals surface area (Å²) < 4.78 is 31.1. The largest absolute Gasteiger partial charge is 0.451 e. The molecular weight excluding hydrogens is 446 g/mol. The van der Waals surface area contributed by atoms with E-state index < -0.39 is 33.4 Å². The lowest BCUT2D eigenvalue weighted by atomic mass is 10.2. The Morgan fingerprint density at radius 1 is 1.16 bits per heavy atom. The SMILES string of the molecule is CN(C)S(=O)(=O)c1cccc(NC(=O)COC(=O)c2cc3cc([N+](=O)[O-])ccc3s2)c1. The highest BCUT2D eigenvalue weighted by Crippen LogP contribution is 2.29. The van der Waals surface area contributed by atoms with Crippen molar-refractivity contribution in [1.29, 1.82) is 0 Å². The maximum absolute atomic E-state index is 12.2. The number of fused-ring (bicyclic) bond motifs is 1. The molecule has 0 unspecified atom stereocenters. The summed E-state index contributed by atoms with van der Waals surface area (Å²) in [4.78, 5) is 34.9. The second-order valence-corrected chi connectivity index (χ2v) is 9.77. The van der Waals surface area contributed by atoms with Crippen LogP contribution in [-0.4, -0.2) is 50.2 Å². The monoisotopic (exact) mass is 463 g/mol. The van der Waals surface area contributed by atoms with Crippen LogP contribution >= 0.6 is 11.3 Å². The maximum Gasteiger partial charge on any atom is 0.348 e. The summed E-state index contributed by atoms with van der Waals surface area (Å²) in [6, 6.07) is 11.4. The highest BCUT2D eigenvalue weighted by molar-refractivity contribution is 7.89. The number of esters is 1. The van der Waals surface area contributed by atoms with E-state index in [2.05, 4.69) is 5.32 Å². The van der Waals surface area contributed by atoms with Crippen molar-refractivity contribution < 1.29 is 27.7 Å². The molecule has 2 aromatic carbocycles. The van der Waals surface area contributed by atoms with Crippen LogP contribution < -0.4 is 5.32 Å². The third-order valence-corrected chi connectivity index (χ3v) is 7.05. The number of ether oxygens (including phenoxy) is 1. The molecule has 0 aliphatic carbocycles. The van der Waals surface area contributed by atoms with Gasteiger partial charge in [-0.25, -0.2) is 17.5 Å². The molecule has 1 N–H and O–H groups in total. The first-order valence-electron chi connectivity index (χ1n) is 8.75. The second kappa shape index (κ2) is 8.79. The molecule has 0 saturated heterocycles. The van der Waals surface area contributed by atoms with Crippen LogP contribution in [0.15, 0.2) is 53.4 Å². The number of anilines is 1. The summed E-state index contributed by atoms with van der Waals surface area (Å²) in [6.45, 7) is -0.585. The fraction of sp³-hybridized carbons (Fsp3) is 0.158. The molecule has 1 aromatic heterocycles. The molecular formula is C19H17N3O7S2. The van der Waals surface area contributed by atoms with Crippen molar-refractivity contribution in [3.8, 4) is 0 Å². The number of nitro groups is 1. The van der Waals surface area contributed by atoms with Crippen molar-refractivity contribution in [3.63, 3.8) is 0 Å². The van der Waals surface area contributed by atoms with E-state index in [0.29, 0.717) is 10.1 Å². The molecule has 0 fully saturated rings. The van der Waals surface area contributed by atoms with Crippen molar-refractivity contribution in [2.24, 2.45) is 0 Å². The van der Waals surface area contributed by atoms with E-state index >= 15 is 0 Å². The van der Waals surface area contributed by atoms with E-state index in [1.807, 2.05) is 0 Å². The highest BCUT2D eigenvalue weighted by atomic mass is 32.2. The Morgan fingerprint density at radius 2 is 1.90 bits per heavy atom. The first-order chi connectivity index (χ1) is 14.6. The molecule has 12 heteroatoms. The number of thiophene rings is 1. The van der Waals surface area contributed by atoms with E-state index in [4.69, 9.17) is 4.74 Å². The van der Waals surface area contributed by atoms with Crippen molar-refractivity contribution in [2.75, 3.05) is 26.0 Å². The molecule has 10 nitrogen and oxygen atoms in total. The summed E-state index contributed by atoms with van der Waals surface area (Å²) in [5, 5.41) is 13.9. The van der Waals surface area contributed by atoms with Crippen LogP contribution in [0.25, 0.3) is 10.1 Å². The van der Waals surface area contributed by atoms with Crippen LogP contribution in [0.4, 0.5) is 11.4 Å². The zero-order valence-electron chi connectivity index (χ0n) is 16.4. The normalized spacial score (nSPS) is 11.5. The van der Waals surface area contributed by atoms with Gasteiger partial charge in [-0.1, -0.05) is 6.07 Å². The molecule has 1 amide bonds. The van der Waals surface area contributed by atoms with Gasteiger partial charge in [-0.05, 0) is 30.3 Å². The standard InChI is InChI=1S/C19H17N3O7S2/c1-21(2)31(27,28)15-5-3-4-13(10-15)20-18(23)11-29-19(24)17-9-12-8-14(22(25)26)6-7-16(12)30-17/h3-10H,11H2,1-2H3,(H,20,23). The van der Waals surface area contributed by atoms with Gasteiger partial charge in [-0.2, -0.15) is 0 Å². The Labute approximate surface area is 181 Å². The van der Waals surface area contributed by atoms with E-state index in [9.17, 15) is 28.1 Å². The van der Waals surface area contributed by atoms with Gasteiger partial charge in [0.1, 0.15) is 4.88 Å². The minimum Gasteiger partial charge on any atom is -0.451 e. The zero-order valence-corrected chi connectivity index (χ0v) is 18.0. The van der Waals surface area contributed by atoms with E-state index in [1.54, 1.807) is 0 Å². The Morgan fingerprint density at radius 3 is 2.58 bits per heavy atom. The minimum atomic E-state index is -3.66. The van der Waals surface area contributed by atoms with E-state index in [-0.39, 0.29) is 21.1 Å². The first kappa shape index (κ1) is 22.3. The molecule has 1 heterocycles. The maximum atomic E-state index is 12.2. The number of non-ortho nitro benzene ring substituents is 1. The van der Waals surface area contributed by atoms with Gasteiger partial charge in [-0.15, -0.1) is 11.3 Å². The van der Waals surface area contributed by atoms with E-state index in [0.717, 1.165) is 15.6 Å². The lowest BCUT2D eigenvalue weighted by Crippen LogP contribution is -2.23. The van der Waals surface area contributed by atoms with Gasteiger partial charge < -0.3 is 10.1 Å². The molecule has 162 valence electrons. The Kier molecular flexibility index (Phi) is 6.34. The van der Waals surface area contributed by atoms with Crippen LogP contribution in [0.1, 0.15) is 9.67 Å². The van der Waals surface area contributed by atoms with Gasteiger partial charge in [0.15, 0.2) is 6.61 Å². The van der Waals surface area contributed by atoms with Crippen LogP contribution in [-0.2, 0) is 19.6 Å². The average molecular weight is 463 g/mol. The zero-order chi connectivity index (χ0) is 22.8. The number of carbonyl (C=O) groups excluding carboxylic acids is 2. The predicted octanol–water partition coefficient (Wildman–Crippen LogP) is 2.86. The molecule has 0 aliphatic heterocycles. The molecule has 0 saturated carbocycles. The number of hydrogen-bond donors (Lipinski definition) is 1. The fourth-order valence-electron chi connectivity index (χ4n) is 2.59. The summed E-state index contributed by atoms with van der Waals surface area (Å²) >= 11 is 1.09. The van der Waals surface area contributed by atoms with Gasteiger partial charge in [0.2, 0.25) is 10.0 Å². The summed E-state index contributed by atoms with van der Waals surface area (Å²) in [5.74, 6) is -1.40. The van der Waals surface area contributed by atoms with Gasteiger partial charge in [-0.3, -0.25) is 14.9 Å². The number of carbonyl (C=O) groups is 2. The summed E-state index contributed by atoms with van der Waals surface area (Å²) in [6.07, 6.45) is 0. The van der Waals surface area contributed by atoms with Gasteiger partial charge >= 0.3 is 5.97 Å². The lowest BCUT2D eigenvalue weighted by molar-refractivity contribution is -0.384. The number of amides is 1. The van der Waals surface area contributed by atoms with Crippen LogP contribution in [0.2, 0.25) is 0 Å². The summed E-state index contributed by atoms with van der Waals surface area (Å²) in [5.41, 5.74) is 0.140. The van der Waals surface area contributed by atoms with Crippen LogP contribution in [0, 0.1) is 10.1 Å². The summed E-state index contributed by atoms with van der Waals surface area (Å²) in [7, 11) is -0.872. The third kappa shape index (κ3) is 5.05. The van der Waals surface area contributed by atoms with Gasteiger partial charge in [0.05, 0.1) is 9.82 Å². The predicted molar refractivity (Wildman–Crippen MR) is 115 cm³/mol. The molecule has 0 aliphatic rings. The molecule has 0 radical (unpaired) electrons. The fourth-order valence-corrected chi connectivity index (χ4v) is 4.47. The number of nitrogens with one attached hydrogen (secondary N) is 1. The number of hydrogen-bond acceptors (Lipinski definition) is 8. The number of nitro benzene ring substituents is 1. The lowest BCUT2D eigenvalue weighted by Gasteiger charge is -2.12. The third-order valence-electron chi connectivity index (χ3n) is 4.14. The second-order valence-electron chi connectivity index (χ2n) is 6.53. The Balaban J connectivity index is 1.64. The molecule has 3 aromatic rings. The van der Waals surface area contributed by atoms with Gasteiger partial charge in [0.25, 0.3) is 11.6 Å². The number of rotatable bonds is 7. The topological polar surface area (TPSA) is 136 Å². The smallest absolute Gasteiger partial charge is 0.348 e.